The van der Waals surface area contributed by atoms with Gasteiger partial charge in [0.05, 0.1) is 6.61 Å². The highest BCUT2D eigenvalue weighted by molar-refractivity contribution is 5.78. The summed E-state index contributed by atoms with van der Waals surface area (Å²) in [7, 11) is 0. The molecule has 1 aromatic carbocycles. The van der Waals surface area contributed by atoms with Crippen LogP contribution in [0.25, 0.3) is 0 Å². The average Bonchev–Trinajstić information content (AvgIpc) is 2.38. The molecule has 0 aliphatic carbocycles. The normalized spacial score (nSPS) is 13.2. The Hall–Kier alpha value is -1.83. The van der Waals surface area contributed by atoms with Crippen molar-refractivity contribution < 1.29 is 36.9 Å². The molecule has 0 fully saturated rings. The van der Waals surface area contributed by atoms with Crippen LogP contribution in [0.15, 0.2) is 24.3 Å². The zero-order chi connectivity index (χ0) is 15.3. The van der Waals surface area contributed by atoms with Crippen molar-refractivity contribution in [3.8, 4) is 5.75 Å². The van der Waals surface area contributed by atoms with Gasteiger partial charge in [-0.3, -0.25) is 0 Å². The number of aliphatic hydroxyl groups is 1. The number of aliphatic hydroxyl groups excluding tert-OH is 1. The topological polar surface area (TPSA) is 55.8 Å². The van der Waals surface area contributed by atoms with Crippen molar-refractivity contribution >= 4 is 5.97 Å². The molecule has 20 heavy (non-hydrogen) atoms. The van der Waals surface area contributed by atoms with Crippen molar-refractivity contribution in [3.63, 3.8) is 0 Å². The van der Waals surface area contributed by atoms with Crippen molar-refractivity contribution in [2.75, 3.05) is 6.61 Å². The van der Waals surface area contributed by atoms with Gasteiger partial charge in [0.25, 0.3) is 0 Å². The van der Waals surface area contributed by atoms with Crippen molar-refractivity contribution in [2.45, 2.75) is 25.6 Å². The Kier molecular flexibility index (Phi) is 5.32. The monoisotopic (exact) mass is 296 g/mol. The van der Waals surface area contributed by atoms with Crippen LogP contribution in [0, 0.1) is 0 Å². The zero-order valence-electron chi connectivity index (χ0n) is 10.4. The van der Waals surface area contributed by atoms with Gasteiger partial charge < -0.3 is 14.6 Å². The van der Waals surface area contributed by atoms with E-state index < -0.39 is 24.6 Å². The lowest BCUT2D eigenvalue weighted by molar-refractivity contribution is -0.189. The standard InChI is InChI=1S/C12H12F4O4/c1-2-19-10(18)12(15,16)9(17)7-3-5-8(6-4-7)20-11(13)14/h3-6,9,11,17H,2H2,1H3. The summed E-state index contributed by atoms with van der Waals surface area (Å²) in [4.78, 5) is 11.0. The van der Waals surface area contributed by atoms with Gasteiger partial charge in [-0.1, -0.05) is 12.1 Å². The van der Waals surface area contributed by atoms with E-state index in [4.69, 9.17) is 0 Å². The first-order chi connectivity index (χ1) is 9.28. The molecular weight excluding hydrogens is 284 g/mol. The van der Waals surface area contributed by atoms with E-state index in [0.717, 1.165) is 24.3 Å². The minimum atomic E-state index is -4.14. The molecular formula is C12H12F4O4. The maximum absolute atomic E-state index is 13.5. The van der Waals surface area contributed by atoms with Gasteiger partial charge in [-0.25, -0.2) is 4.79 Å². The largest absolute Gasteiger partial charge is 0.461 e. The number of ether oxygens (including phenoxy) is 2. The van der Waals surface area contributed by atoms with E-state index in [1.165, 1.54) is 6.92 Å². The summed E-state index contributed by atoms with van der Waals surface area (Å²) < 4.78 is 59.0. The summed E-state index contributed by atoms with van der Waals surface area (Å²) in [5.74, 6) is -6.25. The molecule has 0 saturated heterocycles. The lowest BCUT2D eigenvalue weighted by Gasteiger charge is -2.21. The van der Waals surface area contributed by atoms with Gasteiger partial charge >= 0.3 is 18.5 Å². The van der Waals surface area contributed by atoms with E-state index in [1.54, 1.807) is 0 Å². The number of benzene rings is 1. The van der Waals surface area contributed by atoms with Crippen LogP contribution in [-0.2, 0) is 9.53 Å². The first-order valence-electron chi connectivity index (χ1n) is 5.57. The summed E-state index contributed by atoms with van der Waals surface area (Å²) in [5.41, 5.74) is -0.329. The van der Waals surface area contributed by atoms with Crippen LogP contribution in [0.3, 0.4) is 0 Å². The third-order valence-electron chi connectivity index (χ3n) is 2.31. The smallest absolute Gasteiger partial charge is 0.387 e. The first kappa shape index (κ1) is 16.2. The van der Waals surface area contributed by atoms with Crippen LogP contribution < -0.4 is 4.74 Å². The Bertz CT molecular complexity index is 447. The fourth-order valence-electron chi connectivity index (χ4n) is 1.38. The number of hydrogen-bond acceptors (Lipinski definition) is 4. The maximum Gasteiger partial charge on any atom is 0.387 e. The van der Waals surface area contributed by atoms with Gasteiger partial charge in [0.2, 0.25) is 0 Å². The van der Waals surface area contributed by atoms with E-state index in [1.807, 2.05) is 0 Å². The Balaban J connectivity index is 2.86. The van der Waals surface area contributed by atoms with Crippen LogP contribution in [0.4, 0.5) is 17.6 Å². The molecule has 1 unspecified atom stereocenters. The van der Waals surface area contributed by atoms with Crippen LogP contribution in [0.5, 0.6) is 5.75 Å². The minimum absolute atomic E-state index is 0.254. The second-order valence-electron chi connectivity index (χ2n) is 3.69. The summed E-state index contributed by atoms with van der Waals surface area (Å²) in [6.45, 7) is -1.97. The van der Waals surface area contributed by atoms with E-state index >= 15 is 0 Å². The molecule has 0 aliphatic heterocycles. The number of rotatable bonds is 6. The van der Waals surface area contributed by atoms with Gasteiger partial charge in [0, 0.05) is 0 Å². The van der Waals surface area contributed by atoms with Crippen LogP contribution in [0.2, 0.25) is 0 Å². The predicted octanol–water partition coefficient (Wildman–Crippen LogP) is 2.52. The SMILES string of the molecule is CCOC(=O)C(F)(F)C(O)c1ccc(OC(F)F)cc1. The molecule has 0 aliphatic rings. The van der Waals surface area contributed by atoms with Crippen molar-refractivity contribution in [2.24, 2.45) is 0 Å². The van der Waals surface area contributed by atoms with Crippen molar-refractivity contribution in [3.05, 3.63) is 29.8 Å². The second kappa shape index (κ2) is 6.56. The maximum atomic E-state index is 13.5. The Morgan fingerprint density at radius 1 is 1.30 bits per heavy atom. The van der Waals surface area contributed by atoms with Crippen LogP contribution in [0.1, 0.15) is 18.6 Å². The molecule has 0 saturated carbocycles. The van der Waals surface area contributed by atoms with E-state index in [0.29, 0.717) is 0 Å². The molecule has 0 aromatic heterocycles. The quantitative estimate of drug-likeness (QED) is 0.647. The molecule has 4 nitrogen and oxygen atoms in total. The molecule has 1 atom stereocenters. The highest BCUT2D eigenvalue weighted by Crippen LogP contribution is 2.33. The lowest BCUT2D eigenvalue weighted by atomic mass is 10.0. The van der Waals surface area contributed by atoms with Gasteiger partial charge in [-0.15, -0.1) is 0 Å². The predicted molar refractivity (Wildman–Crippen MR) is 59.6 cm³/mol. The van der Waals surface area contributed by atoms with Crippen LogP contribution in [-0.4, -0.2) is 30.2 Å². The lowest BCUT2D eigenvalue weighted by Crippen LogP contribution is -2.37. The molecule has 0 heterocycles. The van der Waals surface area contributed by atoms with Gasteiger partial charge in [-0.2, -0.15) is 17.6 Å². The Morgan fingerprint density at radius 3 is 2.30 bits per heavy atom. The van der Waals surface area contributed by atoms with Crippen LogP contribution >= 0.6 is 0 Å². The second-order valence-corrected chi connectivity index (χ2v) is 3.69. The molecule has 1 N–H and O–H groups in total. The third kappa shape index (κ3) is 3.83. The van der Waals surface area contributed by atoms with Crippen molar-refractivity contribution in [1.82, 2.24) is 0 Å². The van der Waals surface area contributed by atoms with Gasteiger partial charge in [-0.05, 0) is 24.6 Å². The molecule has 0 spiro atoms. The first-order valence-corrected chi connectivity index (χ1v) is 5.57. The minimum Gasteiger partial charge on any atom is -0.461 e. The number of carbonyl (C=O) groups is 1. The molecule has 0 bridgehead atoms. The van der Waals surface area contributed by atoms with E-state index in [2.05, 4.69) is 9.47 Å². The summed E-state index contributed by atoms with van der Waals surface area (Å²) in [6, 6.07) is 3.86. The van der Waals surface area contributed by atoms with E-state index in [-0.39, 0.29) is 17.9 Å². The van der Waals surface area contributed by atoms with E-state index in [9.17, 15) is 27.5 Å². The van der Waals surface area contributed by atoms with Crippen molar-refractivity contribution in [1.29, 1.82) is 0 Å². The fourth-order valence-corrected chi connectivity index (χ4v) is 1.38. The number of alkyl halides is 4. The number of hydrogen-bond donors (Lipinski definition) is 1. The average molecular weight is 296 g/mol. The Morgan fingerprint density at radius 2 is 1.85 bits per heavy atom. The summed E-state index contributed by atoms with van der Waals surface area (Å²) in [5, 5.41) is 9.48. The molecule has 0 radical (unpaired) electrons. The summed E-state index contributed by atoms with van der Waals surface area (Å²) in [6.07, 6.45) is -2.44. The molecule has 1 rings (SSSR count). The molecule has 1 aromatic rings. The fraction of sp³-hybridized carbons (Fsp3) is 0.417. The highest BCUT2D eigenvalue weighted by Gasteiger charge is 2.48. The Labute approximate surface area is 111 Å². The molecule has 112 valence electrons. The number of halogens is 4. The van der Waals surface area contributed by atoms with Gasteiger partial charge in [0.15, 0.2) is 6.10 Å². The molecule has 8 heteroatoms. The highest BCUT2D eigenvalue weighted by atomic mass is 19.3. The summed E-state index contributed by atoms with van der Waals surface area (Å²) >= 11 is 0. The molecule has 0 amide bonds. The third-order valence-corrected chi connectivity index (χ3v) is 2.31. The van der Waals surface area contributed by atoms with Gasteiger partial charge in [0.1, 0.15) is 5.75 Å². The zero-order valence-corrected chi connectivity index (χ0v) is 10.4. The number of carbonyl (C=O) groups excluding carboxylic acids is 1. The number of esters is 1.